The standard InChI is InChI=1S/C30H21BrF3N3O4S2/c1-15-8-10-19(11-9-15)35-21(38)14-36-28-25(43-29(36)41)22(16-4-2-6-18(31)12-16)23-24(42-28)27(40)37(26(23)39)20-7-3-5-17(13-20)30(32,33)34/h2-13,22-24H,14H2,1H3,(H,35,38)/t22-,23-,24+/m0/s1. The number of hydrogen-bond acceptors (Lipinski definition) is 6. The molecule has 6 rings (SSSR count). The van der Waals surface area contributed by atoms with E-state index in [1.807, 2.05) is 19.1 Å². The van der Waals surface area contributed by atoms with Crippen LogP contribution in [0.4, 0.5) is 24.5 Å². The molecule has 7 nitrogen and oxygen atoms in total. The van der Waals surface area contributed by atoms with Gasteiger partial charge in [-0.3, -0.25) is 23.7 Å². The summed E-state index contributed by atoms with van der Waals surface area (Å²) in [6.07, 6.45) is -4.67. The maximum Gasteiger partial charge on any atom is 0.416 e. The van der Waals surface area contributed by atoms with Crippen molar-refractivity contribution in [2.45, 2.75) is 35.8 Å². The summed E-state index contributed by atoms with van der Waals surface area (Å²) in [4.78, 5) is 54.9. The maximum atomic E-state index is 13.9. The summed E-state index contributed by atoms with van der Waals surface area (Å²) >= 11 is 5.33. The van der Waals surface area contributed by atoms with Crippen LogP contribution in [0.5, 0.6) is 0 Å². The molecule has 3 amide bonds. The zero-order valence-corrected chi connectivity index (χ0v) is 25.4. The molecule has 43 heavy (non-hydrogen) atoms. The Bertz CT molecular complexity index is 1840. The number of halogens is 4. The molecule has 2 aliphatic rings. The maximum absolute atomic E-state index is 13.9. The van der Waals surface area contributed by atoms with Crippen LogP contribution < -0.4 is 15.1 Å². The zero-order valence-electron chi connectivity index (χ0n) is 22.2. The Labute approximate surface area is 259 Å². The van der Waals surface area contributed by atoms with E-state index in [4.69, 9.17) is 0 Å². The van der Waals surface area contributed by atoms with Gasteiger partial charge in [-0.15, -0.1) is 0 Å². The van der Waals surface area contributed by atoms with Gasteiger partial charge >= 0.3 is 11.0 Å². The molecule has 3 heterocycles. The predicted molar refractivity (Wildman–Crippen MR) is 161 cm³/mol. The van der Waals surface area contributed by atoms with Crippen molar-refractivity contribution < 1.29 is 27.6 Å². The number of thiazole rings is 1. The quantitative estimate of drug-likeness (QED) is 0.244. The van der Waals surface area contributed by atoms with Crippen molar-refractivity contribution in [3.05, 3.63) is 109 Å². The van der Waals surface area contributed by atoms with Crippen molar-refractivity contribution in [2.75, 3.05) is 10.2 Å². The van der Waals surface area contributed by atoms with E-state index >= 15 is 0 Å². The minimum Gasteiger partial charge on any atom is -0.325 e. The van der Waals surface area contributed by atoms with E-state index in [1.165, 1.54) is 10.6 Å². The molecule has 0 aliphatic carbocycles. The first-order chi connectivity index (χ1) is 20.4. The second kappa shape index (κ2) is 11.1. The average molecular weight is 689 g/mol. The Morgan fingerprint density at radius 3 is 2.40 bits per heavy atom. The lowest BCUT2D eigenvalue weighted by atomic mass is 9.83. The molecule has 0 spiro atoms. The van der Waals surface area contributed by atoms with Gasteiger partial charge in [-0.1, -0.05) is 74.9 Å². The van der Waals surface area contributed by atoms with Crippen LogP contribution in [-0.4, -0.2) is 27.5 Å². The second-order valence-corrected chi connectivity index (χ2v) is 13.2. The molecule has 4 aromatic rings. The molecular weight excluding hydrogens is 667 g/mol. The highest BCUT2D eigenvalue weighted by molar-refractivity contribution is 9.10. The van der Waals surface area contributed by atoms with Gasteiger partial charge in [-0.2, -0.15) is 13.2 Å². The minimum atomic E-state index is -4.67. The molecule has 220 valence electrons. The number of thioether (sulfide) groups is 1. The van der Waals surface area contributed by atoms with Crippen molar-refractivity contribution >= 4 is 68.1 Å². The average Bonchev–Trinajstić information content (AvgIpc) is 3.40. The molecule has 13 heteroatoms. The third-order valence-electron chi connectivity index (χ3n) is 7.33. The number of carbonyl (C=O) groups excluding carboxylic acids is 3. The van der Waals surface area contributed by atoms with Crippen molar-refractivity contribution in [2.24, 2.45) is 5.92 Å². The van der Waals surface area contributed by atoms with E-state index in [0.717, 1.165) is 51.8 Å². The number of fused-ring (bicyclic) bond motifs is 2. The van der Waals surface area contributed by atoms with Gasteiger partial charge in [0, 0.05) is 21.0 Å². The van der Waals surface area contributed by atoms with Crippen LogP contribution >= 0.6 is 39.0 Å². The molecule has 1 saturated heterocycles. The van der Waals surface area contributed by atoms with E-state index < -0.39 is 51.4 Å². The number of nitrogens with one attached hydrogen (secondary N) is 1. The van der Waals surface area contributed by atoms with Crippen LogP contribution in [0.25, 0.3) is 0 Å². The Hall–Kier alpha value is -3.68. The Morgan fingerprint density at radius 2 is 1.70 bits per heavy atom. The largest absolute Gasteiger partial charge is 0.416 e. The molecule has 0 unspecified atom stereocenters. The first kappa shape index (κ1) is 29.4. The molecule has 0 radical (unpaired) electrons. The summed E-state index contributed by atoms with van der Waals surface area (Å²) < 4.78 is 42.5. The second-order valence-electron chi connectivity index (χ2n) is 10.2. The molecule has 1 fully saturated rings. The van der Waals surface area contributed by atoms with Crippen LogP contribution in [0.3, 0.4) is 0 Å². The summed E-state index contributed by atoms with van der Waals surface area (Å²) in [6.45, 7) is 1.59. The van der Waals surface area contributed by atoms with Gasteiger partial charge < -0.3 is 5.32 Å². The van der Waals surface area contributed by atoms with Gasteiger partial charge in [0.05, 0.1) is 22.2 Å². The Balaban J connectivity index is 1.41. The highest BCUT2D eigenvalue weighted by atomic mass is 79.9. The number of aryl methyl sites for hydroxylation is 1. The number of nitrogens with zero attached hydrogens (tertiary/aromatic N) is 2. The molecule has 0 bridgehead atoms. The summed E-state index contributed by atoms with van der Waals surface area (Å²) in [6, 6.07) is 18.4. The number of amides is 3. The van der Waals surface area contributed by atoms with E-state index in [9.17, 15) is 32.3 Å². The normalized spacial score (nSPS) is 19.7. The molecule has 3 atom stereocenters. The monoisotopic (exact) mass is 687 g/mol. The summed E-state index contributed by atoms with van der Waals surface area (Å²) in [5.74, 6) is -3.51. The van der Waals surface area contributed by atoms with E-state index in [0.29, 0.717) is 25.6 Å². The van der Waals surface area contributed by atoms with Gasteiger partial charge in [-0.25, -0.2) is 4.90 Å². The topological polar surface area (TPSA) is 88.5 Å². The molecular formula is C30H21BrF3N3O4S2. The lowest BCUT2D eigenvalue weighted by Gasteiger charge is -2.30. The van der Waals surface area contributed by atoms with Crippen molar-refractivity contribution in [1.29, 1.82) is 0 Å². The third-order valence-corrected chi connectivity index (χ3v) is 10.4. The summed E-state index contributed by atoms with van der Waals surface area (Å²) in [7, 11) is 0. The number of benzene rings is 3. The van der Waals surface area contributed by atoms with Gasteiger partial charge in [0.2, 0.25) is 17.7 Å². The van der Waals surface area contributed by atoms with Crippen molar-refractivity contribution in [3.63, 3.8) is 0 Å². The third kappa shape index (κ3) is 5.45. The first-order valence-corrected chi connectivity index (χ1v) is 15.5. The molecule has 1 N–H and O–H groups in total. The number of imide groups is 1. The molecule has 1 aromatic heterocycles. The highest BCUT2D eigenvalue weighted by Gasteiger charge is 2.57. The number of alkyl halides is 3. The zero-order chi connectivity index (χ0) is 30.6. The molecule has 2 aliphatic heterocycles. The van der Waals surface area contributed by atoms with Crippen molar-refractivity contribution in [1.82, 2.24) is 4.57 Å². The van der Waals surface area contributed by atoms with Gasteiger partial charge in [0.25, 0.3) is 0 Å². The van der Waals surface area contributed by atoms with E-state index in [1.54, 1.807) is 36.4 Å². The van der Waals surface area contributed by atoms with Crippen LogP contribution in [0.2, 0.25) is 0 Å². The van der Waals surface area contributed by atoms with E-state index in [-0.39, 0.29) is 12.2 Å². The number of anilines is 2. The lowest BCUT2D eigenvalue weighted by Crippen LogP contribution is -2.33. The lowest BCUT2D eigenvalue weighted by molar-refractivity contribution is -0.137. The first-order valence-electron chi connectivity index (χ1n) is 13.0. The van der Waals surface area contributed by atoms with E-state index in [2.05, 4.69) is 21.2 Å². The number of rotatable bonds is 5. The van der Waals surface area contributed by atoms with Crippen LogP contribution in [-0.2, 0) is 27.1 Å². The Kier molecular flexibility index (Phi) is 7.59. The molecule has 0 saturated carbocycles. The molecule has 3 aromatic carbocycles. The SMILES string of the molecule is Cc1ccc(NC(=O)Cn2c3c(sc2=O)[C@@H](c2cccc(Br)c2)[C@@H]2C(=O)N(c4cccc(C(F)(F)F)c4)C(=O)[C@@H]2S3)cc1. The highest BCUT2D eigenvalue weighted by Crippen LogP contribution is 2.54. The van der Waals surface area contributed by atoms with Crippen LogP contribution in [0, 0.1) is 12.8 Å². The minimum absolute atomic E-state index is 0.175. The van der Waals surface area contributed by atoms with Gasteiger partial charge in [-0.05, 0) is 55.0 Å². The summed E-state index contributed by atoms with van der Waals surface area (Å²) in [5, 5.41) is 2.12. The summed E-state index contributed by atoms with van der Waals surface area (Å²) in [5.41, 5.74) is 1.06. The number of aromatic nitrogens is 1. The fraction of sp³-hybridized carbons (Fsp3) is 0.200. The smallest absolute Gasteiger partial charge is 0.325 e. The van der Waals surface area contributed by atoms with Crippen LogP contribution in [0.1, 0.15) is 27.5 Å². The predicted octanol–water partition coefficient (Wildman–Crippen LogP) is 6.43. The fourth-order valence-electron chi connectivity index (χ4n) is 5.37. The van der Waals surface area contributed by atoms with Gasteiger partial charge in [0.1, 0.15) is 11.8 Å². The number of hydrogen-bond donors (Lipinski definition) is 1. The fourth-order valence-corrected chi connectivity index (χ4v) is 8.56. The number of carbonyl (C=O) groups is 3. The van der Waals surface area contributed by atoms with Gasteiger partial charge in [0.15, 0.2) is 0 Å². The Morgan fingerprint density at radius 1 is 0.977 bits per heavy atom. The van der Waals surface area contributed by atoms with Crippen molar-refractivity contribution in [3.8, 4) is 0 Å². The van der Waals surface area contributed by atoms with Crippen LogP contribution in [0.15, 0.2) is 87.1 Å².